The topological polar surface area (TPSA) is 77.0 Å². The molecule has 2 saturated heterocycles. The van der Waals surface area contributed by atoms with Crippen LogP contribution in [0.5, 0.6) is 0 Å². The SMILES string of the molecule is CCNC(=NCCS(=O)(=O)N1CCSCC1)NC1CCN(C(C)C)CC1.I. The monoisotopic (exact) mass is 533 g/mol. The second-order valence-electron chi connectivity index (χ2n) is 7.14. The van der Waals surface area contributed by atoms with Crippen LogP contribution < -0.4 is 10.6 Å². The fraction of sp³-hybridized carbons (Fsp3) is 0.941. The van der Waals surface area contributed by atoms with E-state index in [1.54, 1.807) is 4.31 Å². The van der Waals surface area contributed by atoms with Gasteiger partial charge in [0.05, 0.1) is 12.3 Å². The highest BCUT2D eigenvalue weighted by Gasteiger charge is 2.24. The van der Waals surface area contributed by atoms with Gasteiger partial charge < -0.3 is 15.5 Å². The van der Waals surface area contributed by atoms with Gasteiger partial charge in [-0.1, -0.05) is 0 Å². The first-order valence-electron chi connectivity index (χ1n) is 9.77. The minimum Gasteiger partial charge on any atom is -0.357 e. The van der Waals surface area contributed by atoms with Gasteiger partial charge in [-0.3, -0.25) is 4.99 Å². The van der Waals surface area contributed by atoms with E-state index in [4.69, 9.17) is 0 Å². The average Bonchev–Trinajstić information content (AvgIpc) is 2.63. The van der Waals surface area contributed by atoms with Crippen LogP contribution in [0.3, 0.4) is 0 Å². The highest BCUT2D eigenvalue weighted by Crippen LogP contribution is 2.14. The molecule has 2 N–H and O–H groups in total. The molecule has 0 atom stereocenters. The fourth-order valence-electron chi connectivity index (χ4n) is 3.30. The van der Waals surface area contributed by atoms with Crippen LogP contribution in [0, 0.1) is 0 Å². The van der Waals surface area contributed by atoms with Crippen molar-refractivity contribution in [3.05, 3.63) is 0 Å². The molecular formula is C17H36IN5O2S2. The van der Waals surface area contributed by atoms with Crippen LogP contribution in [0.4, 0.5) is 0 Å². The standard InChI is InChI=1S/C17H35N5O2S2.HI/c1-4-18-17(20-16-5-8-21(9-6-16)15(2)3)19-7-14-26(23,24)22-10-12-25-13-11-22;/h15-16H,4-14H2,1-3H3,(H2,18,19,20);1H. The molecule has 10 heteroatoms. The first-order valence-corrected chi connectivity index (χ1v) is 12.5. The molecule has 27 heavy (non-hydrogen) atoms. The van der Waals surface area contributed by atoms with E-state index in [1.807, 2.05) is 18.7 Å². The van der Waals surface area contributed by atoms with Gasteiger partial charge in [-0.05, 0) is 33.6 Å². The average molecular weight is 534 g/mol. The summed E-state index contributed by atoms with van der Waals surface area (Å²) < 4.78 is 26.4. The Bertz CT molecular complexity index is 546. The van der Waals surface area contributed by atoms with Crippen molar-refractivity contribution in [3.63, 3.8) is 0 Å². The third-order valence-electron chi connectivity index (χ3n) is 4.93. The van der Waals surface area contributed by atoms with E-state index >= 15 is 0 Å². The van der Waals surface area contributed by atoms with E-state index in [9.17, 15) is 8.42 Å². The summed E-state index contributed by atoms with van der Waals surface area (Å²) in [5.74, 6) is 2.60. The van der Waals surface area contributed by atoms with E-state index in [0.29, 0.717) is 31.7 Å². The van der Waals surface area contributed by atoms with Gasteiger partial charge in [-0.25, -0.2) is 12.7 Å². The van der Waals surface area contributed by atoms with Crippen molar-refractivity contribution >= 4 is 51.7 Å². The van der Waals surface area contributed by atoms with Crippen molar-refractivity contribution in [1.82, 2.24) is 19.8 Å². The molecule has 7 nitrogen and oxygen atoms in total. The highest BCUT2D eigenvalue weighted by molar-refractivity contribution is 14.0. The Balaban J connectivity index is 0.00000364. The maximum atomic E-state index is 12.4. The van der Waals surface area contributed by atoms with Crippen molar-refractivity contribution < 1.29 is 8.42 Å². The van der Waals surface area contributed by atoms with Gasteiger partial charge in [-0.15, -0.1) is 24.0 Å². The second kappa shape index (κ2) is 12.7. The number of likely N-dealkylation sites (tertiary alicyclic amines) is 1. The lowest BCUT2D eigenvalue weighted by molar-refractivity contribution is 0.167. The smallest absolute Gasteiger partial charge is 0.215 e. The van der Waals surface area contributed by atoms with Gasteiger partial charge in [0.2, 0.25) is 10.0 Å². The number of nitrogens with zero attached hydrogens (tertiary/aromatic N) is 3. The van der Waals surface area contributed by atoms with Gasteiger partial charge in [0, 0.05) is 56.3 Å². The summed E-state index contributed by atoms with van der Waals surface area (Å²) in [6, 6.07) is 0.995. The molecule has 0 aromatic heterocycles. The number of nitrogens with one attached hydrogen (secondary N) is 2. The molecule has 0 unspecified atom stereocenters. The zero-order chi connectivity index (χ0) is 19.0. The van der Waals surface area contributed by atoms with Crippen LogP contribution in [0.25, 0.3) is 0 Å². The zero-order valence-electron chi connectivity index (χ0n) is 16.8. The maximum Gasteiger partial charge on any atom is 0.215 e. The Morgan fingerprint density at radius 1 is 1.19 bits per heavy atom. The normalized spacial score (nSPS) is 21.1. The van der Waals surface area contributed by atoms with E-state index in [1.165, 1.54) is 0 Å². The number of aliphatic imine (C=N–C) groups is 1. The highest BCUT2D eigenvalue weighted by atomic mass is 127. The van der Waals surface area contributed by atoms with Crippen molar-refractivity contribution in [2.24, 2.45) is 4.99 Å². The van der Waals surface area contributed by atoms with Crippen LogP contribution >= 0.6 is 35.7 Å². The van der Waals surface area contributed by atoms with Gasteiger partial charge in [-0.2, -0.15) is 11.8 Å². The molecule has 2 aliphatic rings. The van der Waals surface area contributed by atoms with Crippen molar-refractivity contribution in [2.75, 3.05) is 56.5 Å². The third kappa shape index (κ3) is 8.63. The van der Waals surface area contributed by atoms with Crippen molar-refractivity contribution in [1.29, 1.82) is 0 Å². The number of rotatable bonds is 7. The molecule has 0 aromatic carbocycles. The summed E-state index contributed by atoms with van der Waals surface area (Å²) in [7, 11) is -3.19. The first kappa shape index (κ1) is 25.3. The van der Waals surface area contributed by atoms with Crippen molar-refractivity contribution in [3.8, 4) is 0 Å². The molecule has 0 radical (unpaired) electrons. The largest absolute Gasteiger partial charge is 0.357 e. The van der Waals surface area contributed by atoms with Crippen LogP contribution in [0.2, 0.25) is 0 Å². The van der Waals surface area contributed by atoms with Crippen LogP contribution in [-0.4, -0.2) is 92.2 Å². The van der Waals surface area contributed by atoms with Gasteiger partial charge in [0.15, 0.2) is 5.96 Å². The number of guanidine groups is 1. The Kier molecular flexibility index (Phi) is 11.9. The van der Waals surface area contributed by atoms with E-state index < -0.39 is 10.0 Å². The molecule has 2 fully saturated rings. The summed E-state index contributed by atoms with van der Waals surface area (Å²) in [4.78, 5) is 7.00. The second-order valence-corrected chi connectivity index (χ2v) is 10.4. The summed E-state index contributed by atoms with van der Waals surface area (Å²) in [5.41, 5.74) is 0. The maximum absolute atomic E-state index is 12.4. The molecule has 0 bridgehead atoms. The summed E-state index contributed by atoms with van der Waals surface area (Å²) >= 11 is 1.81. The Hall–Kier alpha value is 0.220. The molecular weight excluding hydrogens is 497 g/mol. The first-order chi connectivity index (χ1) is 12.4. The molecule has 2 heterocycles. The molecule has 0 aromatic rings. The molecule has 0 spiro atoms. The number of halogens is 1. The lowest BCUT2D eigenvalue weighted by Crippen LogP contribution is -2.50. The third-order valence-corrected chi connectivity index (χ3v) is 7.72. The number of thioether (sulfide) groups is 1. The van der Waals surface area contributed by atoms with Gasteiger partial charge >= 0.3 is 0 Å². The predicted molar refractivity (Wildman–Crippen MR) is 127 cm³/mol. The molecule has 0 amide bonds. The number of sulfonamides is 1. The molecule has 0 aliphatic carbocycles. The van der Waals surface area contributed by atoms with Gasteiger partial charge in [0.25, 0.3) is 0 Å². The lowest BCUT2D eigenvalue weighted by atomic mass is 10.0. The molecule has 2 rings (SSSR count). The quantitative estimate of drug-likeness (QED) is 0.293. The van der Waals surface area contributed by atoms with Crippen molar-refractivity contribution in [2.45, 2.75) is 45.7 Å². The Labute approximate surface area is 186 Å². The predicted octanol–water partition coefficient (Wildman–Crippen LogP) is 1.41. The van der Waals surface area contributed by atoms with E-state index in [-0.39, 0.29) is 29.7 Å². The number of hydrogen-bond donors (Lipinski definition) is 2. The molecule has 2 aliphatic heterocycles. The molecule has 160 valence electrons. The zero-order valence-corrected chi connectivity index (χ0v) is 20.8. The summed E-state index contributed by atoms with van der Waals surface area (Å²) in [6.07, 6.45) is 2.18. The fourth-order valence-corrected chi connectivity index (χ4v) is 5.75. The minimum absolute atomic E-state index is 0. The van der Waals surface area contributed by atoms with E-state index in [2.05, 4.69) is 34.4 Å². The number of piperidine rings is 1. The van der Waals surface area contributed by atoms with Crippen LogP contribution in [0.1, 0.15) is 33.6 Å². The lowest BCUT2D eigenvalue weighted by Gasteiger charge is -2.35. The summed E-state index contributed by atoms with van der Waals surface area (Å²) in [5, 5.41) is 6.73. The molecule has 0 saturated carbocycles. The number of hydrogen-bond acceptors (Lipinski definition) is 5. The summed E-state index contributed by atoms with van der Waals surface area (Å²) in [6.45, 7) is 11.0. The van der Waals surface area contributed by atoms with E-state index in [0.717, 1.165) is 49.9 Å². The Morgan fingerprint density at radius 2 is 1.81 bits per heavy atom. The van der Waals surface area contributed by atoms with Gasteiger partial charge in [0.1, 0.15) is 0 Å². The Morgan fingerprint density at radius 3 is 2.37 bits per heavy atom. The minimum atomic E-state index is -3.19. The van der Waals surface area contributed by atoms with Crippen LogP contribution in [0.15, 0.2) is 4.99 Å². The van der Waals surface area contributed by atoms with Crippen LogP contribution in [-0.2, 0) is 10.0 Å².